The third-order valence-electron chi connectivity index (χ3n) is 2.33. The van der Waals surface area contributed by atoms with Crippen molar-refractivity contribution < 1.29 is 14.3 Å². The standard InChI is InChI=1S/C15H19NO3/c1-6-13(17)11-7-8-12(10(2)9-11)16-14(18)19-15(3,4)5/h6-9H,1H2,2-5H3,(H,16,18). The predicted molar refractivity (Wildman–Crippen MR) is 75.6 cm³/mol. The summed E-state index contributed by atoms with van der Waals surface area (Å²) in [4.78, 5) is 23.1. The second-order valence-corrected chi connectivity index (χ2v) is 5.22. The zero-order valence-electron chi connectivity index (χ0n) is 11.7. The molecule has 0 spiro atoms. The molecule has 1 N–H and O–H groups in total. The molecule has 0 aliphatic carbocycles. The van der Waals surface area contributed by atoms with E-state index in [4.69, 9.17) is 4.74 Å². The van der Waals surface area contributed by atoms with Gasteiger partial charge in [0.05, 0.1) is 0 Å². The summed E-state index contributed by atoms with van der Waals surface area (Å²) >= 11 is 0. The van der Waals surface area contributed by atoms with Crippen molar-refractivity contribution in [1.82, 2.24) is 0 Å². The van der Waals surface area contributed by atoms with Gasteiger partial charge in [0.1, 0.15) is 5.60 Å². The van der Waals surface area contributed by atoms with Crippen molar-refractivity contribution in [3.05, 3.63) is 42.0 Å². The quantitative estimate of drug-likeness (QED) is 0.666. The summed E-state index contributed by atoms with van der Waals surface area (Å²) in [6.45, 7) is 10.6. The van der Waals surface area contributed by atoms with Gasteiger partial charge in [-0.2, -0.15) is 0 Å². The van der Waals surface area contributed by atoms with Crippen LogP contribution in [0.5, 0.6) is 0 Å². The number of benzene rings is 1. The maximum atomic E-state index is 11.6. The van der Waals surface area contributed by atoms with Crippen LogP contribution in [0.1, 0.15) is 36.7 Å². The van der Waals surface area contributed by atoms with E-state index in [-0.39, 0.29) is 5.78 Å². The molecule has 0 saturated carbocycles. The molecule has 0 aromatic heterocycles. The van der Waals surface area contributed by atoms with Gasteiger partial charge in [-0.05, 0) is 57.5 Å². The fourth-order valence-electron chi connectivity index (χ4n) is 1.49. The number of carbonyl (C=O) groups is 2. The van der Waals surface area contributed by atoms with Crippen molar-refractivity contribution in [2.75, 3.05) is 5.32 Å². The molecule has 0 fully saturated rings. The van der Waals surface area contributed by atoms with Gasteiger partial charge in [0.15, 0.2) is 5.78 Å². The highest BCUT2D eigenvalue weighted by Crippen LogP contribution is 2.18. The highest BCUT2D eigenvalue weighted by atomic mass is 16.6. The number of aryl methyl sites for hydroxylation is 1. The van der Waals surface area contributed by atoms with E-state index in [1.807, 2.05) is 6.92 Å². The van der Waals surface area contributed by atoms with Gasteiger partial charge in [0, 0.05) is 11.3 Å². The molecule has 1 aromatic carbocycles. The predicted octanol–water partition coefficient (Wildman–Crippen LogP) is 3.71. The Hall–Kier alpha value is -2.10. The minimum absolute atomic E-state index is 0.146. The molecule has 0 saturated heterocycles. The number of anilines is 1. The zero-order valence-corrected chi connectivity index (χ0v) is 11.7. The molecule has 0 unspecified atom stereocenters. The lowest BCUT2D eigenvalue weighted by Gasteiger charge is -2.20. The maximum Gasteiger partial charge on any atom is 0.412 e. The highest BCUT2D eigenvalue weighted by molar-refractivity contribution is 6.04. The van der Waals surface area contributed by atoms with E-state index in [2.05, 4.69) is 11.9 Å². The number of allylic oxidation sites excluding steroid dienone is 1. The first-order valence-corrected chi connectivity index (χ1v) is 6.00. The highest BCUT2D eigenvalue weighted by Gasteiger charge is 2.16. The smallest absolute Gasteiger partial charge is 0.412 e. The normalized spacial score (nSPS) is 10.7. The van der Waals surface area contributed by atoms with Crippen molar-refractivity contribution in [2.24, 2.45) is 0 Å². The molecule has 4 nitrogen and oxygen atoms in total. The van der Waals surface area contributed by atoms with Crippen molar-refractivity contribution in [1.29, 1.82) is 0 Å². The number of carbonyl (C=O) groups excluding carboxylic acids is 2. The Kier molecular flexibility index (Phi) is 4.48. The summed E-state index contributed by atoms with van der Waals surface area (Å²) in [6.07, 6.45) is 0.744. The molecular formula is C15H19NO3. The Bertz CT molecular complexity index is 513. The number of hydrogen-bond donors (Lipinski definition) is 1. The number of ketones is 1. The second kappa shape index (κ2) is 5.69. The van der Waals surface area contributed by atoms with Crippen molar-refractivity contribution in [2.45, 2.75) is 33.3 Å². The van der Waals surface area contributed by atoms with Crippen molar-refractivity contribution >= 4 is 17.6 Å². The minimum Gasteiger partial charge on any atom is -0.444 e. The van der Waals surface area contributed by atoms with Crippen LogP contribution in [0.25, 0.3) is 0 Å². The third kappa shape index (κ3) is 4.58. The summed E-state index contributed by atoms with van der Waals surface area (Å²) in [7, 11) is 0. The van der Waals surface area contributed by atoms with E-state index in [0.29, 0.717) is 11.3 Å². The summed E-state index contributed by atoms with van der Waals surface area (Å²) in [5.41, 5.74) is 1.41. The van der Waals surface area contributed by atoms with Crippen LogP contribution in [0.2, 0.25) is 0 Å². The van der Waals surface area contributed by atoms with Crippen molar-refractivity contribution in [3.8, 4) is 0 Å². The first kappa shape index (κ1) is 15.0. The summed E-state index contributed by atoms with van der Waals surface area (Å²) in [5.74, 6) is -0.146. The van der Waals surface area contributed by atoms with Crippen LogP contribution in [-0.2, 0) is 4.74 Å². The number of rotatable bonds is 3. The lowest BCUT2D eigenvalue weighted by Crippen LogP contribution is -2.27. The largest absolute Gasteiger partial charge is 0.444 e. The van der Waals surface area contributed by atoms with Crippen LogP contribution in [-0.4, -0.2) is 17.5 Å². The van der Waals surface area contributed by atoms with Gasteiger partial charge >= 0.3 is 6.09 Å². The first-order valence-electron chi connectivity index (χ1n) is 6.00. The lowest BCUT2D eigenvalue weighted by atomic mass is 10.1. The molecule has 4 heteroatoms. The van der Waals surface area contributed by atoms with Crippen LogP contribution in [0.15, 0.2) is 30.9 Å². The van der Waals surface area contributed by atoms with Crippen LogP contribution in [0.3, 0.4) is 0 Å². The average Bonchev–Trinajstić information content (AvgIpc) is 2.28. The van der Waals surface area contributed by atoms with Gasteiger partial charge in [-0.3, -0.25) is 10.1 Å². The average molecular weight is 261 g/mol. The fraction of sp³-hybridized carbons (Fsp3) is 0.333. The summed E-state index contributed by atoms with van der Waals surface area (Å²) in [6, 6.07) is 5.02. The molecule has 0 aliphatic heterocycles. The van der Waals surface area contributed by atoms with Gasteiger partial charge in [0.2, 0.25) is 0 Å². The number of hydrogen-bond acceptors (Lipinski definition) is 3. The van der Waals surface area contributed by atoms with Gasteiger partial charge in [-0.1, -0.05) is 6.58 Å². The van der Waals surface area contributed by atoms with E-state index < -0.39 is 11.7 Å². The van der Waals surface area contributed by atoms with Gasteiger partial charge in [-0.15, -0.1) is 0 Å². The van der Waals surface area contributed by atoms with Crippen molar-refractivity contribution in [3.63, 3.8) is 0 Å². The van der Waals surface area contributed by atoms with Gasteiger partial charge in [-0.25, -0.2) is 4.79 Å². The van der Waals surface area contributed by atoms with E-state index in [9.17, 15) is 9.59 Å². The molecule has 0 aliphatic rings. The molecule has 0 atom stereocenters. The first-order chi connectivity index (χ1) is 8.73. The zero-order chi connectivity index (χ0) is 14.6. The molecule has 1 amide bonds. The van der Waals surface area contributed by atoms with E-state index in [1.165, 1.54) is 6.08 Å². The Morgan fingerprint density at radius 1 is 1.32 bits per heavy atom. The van der Waals surface area contributed by atoms with Gasteiger partial charge < -0.3 is 4.74 Å². The number of ether oxygens (including phenoxy) is 1. The molecule has 0 bridgehead atoms. The van der Waals surface area contributed by atoms with E-state index in [0.717, 1.165) is 5.56 Å². The van der Waals surface area contributed by atoms with Gasteiger partial charge in [0.25, 0.3) is 0 Å². The minimum atomic E-state index is -0.545. The van der Waals surface area contributed by atoms with Crippen LogP contribution < -0.4 is 5.32 Å². The molecule has 102 valence electrons. The van der Waals surface area contributed by atoms with E-state index >= 15 is 0 Å². The molecule has 0 heterocycles. The monoisotopic (exact) mass is 261 g/mol. The molecule has 1 aromatic rings. The topological polar surface area (TPSA) is 55.4 Å². The Balaban J connectivity index is 2.83. The SMILES string of the molecule is C=CC(=O)c1ccc(NC(=O)OC(C)(C)C)c(C)c1. The molecule has 19 heavy (non-hydrogen) atoms. The summed E-state index contributed by atoms with van der Waals surface area (Å²) in [5, 5.41) is 2.65. The number of nitrogens with one attached hydrogen (secondary N) is 1. The molecule has 1 rings (SSSR count). The van der Waals surface area contributed by atoms with Crippen LogP contribution in [0.4, 0.5) is 10.5 Å². The van der Waals surface area contributed by atoms with Crippen LogP contribution >= 0.6 is 0 Å². The lowest BCUT2D eigenvalue weighted by molar-refractivity contribution is 0.0635. The Morgan fingerprint density at radius 2 is 1.95 bits per heavy atom. The second-order valence-electron chi connectivity index (χ2n) is 5.22. The Labute approximate surface area is 113 Å². The maximum absolute atomic E-state index is 11.6. The van der Waals surface area contributed by atoms with Crippen LogP contribution in [0, 0.1) is 6.92 Å². The molecule has 0 radical (unpaired) electrons. The molecular weight excluding hydrogens is 242 g/mol. The van der Waals surface area contributed by atoms with E-state index in [1.54, 1.807) is 39.0 Å². The summed E-state index contributed by atoms with van der Waals surface area (Å²) < 4.78 is 5.16. The Morgan fingerprint density at radius 3 is 2.42 bits per heavy atom. The number of amides is 1. The third-order valence-corrected chi connectivity index (χ3v) is 2.33. The fourth-order valence-corrected chi connectivity index (χ4v) is 1.49.